The lowest BCUT2D eigenvalue weighted by Gasteiger charge is -2.48. The van der Waals surface area contributed by atoms with Crippen molar-refractivity contribution < 1.29 is 39.0 Å². The molecule has 8 nitrogen and oxygen atoms in total. The van der Waals surface area contributed by atoms with Crippen molar-refractivity contribution in [3.05, 3.63) is 93.5 Å². The van der Waals surface area contributed by atoms with Crippen LogP contribution in [0.3, 0.4) is 0 Å². The van der Waals surface area contributed by atoms with Crippen LogP contribution in [-0.2, 0) is 33.0 Å². The minimum atomic E-state index is -1.72. The molecule has 2 aliphatic rings. The molecule has 2 heterocycles. The molecular weight excluding hydrogens is 556 g/mol. The van der Waals surface area contributed by atoms with E-state index in [1.807, 2.05) is 60.7 Å². The Kier molecular flexibility index (Phi) is 8.35. The lowest BCUT2D eigenvalue weighted by Crippen LogP contribution is -2.64. The quantitative estimate of drug-likeness (QED) is 0.369. The summed E-state index contributed by atoms with van der Waals surface area (Å²) in [6, 6.07) is 20.9. The maximum atomic E-state index is 11.1. The van der Waals surface area contributed by atoms with Gasteiger partial charge in [0.15, 0.2) is 11.5 Å². The molecule has 3 N–H and O–H groups in total. The Labute approximate surface area is 229 Å². The molecule has 9 heteroatoms. The van der Waals surface area contributed by atoms with E-state index in [1.165, 1.54) is 7.11 Å². The largest absolute Gasteiger partial charge is 0.486 e. The van der Waals surface area contributed by atoms with Gasteiger partial charge in [0, 0.05) is 17.1 Å². The molecule has 3 aromatic rings. The van der Waals surface area contributed by atoms with Gasteiger partial charge in [-0.25, -0.2) is 0 Å². The van der Waals surface area contributed by atoms with E-state index in [0.717, 1.165) is 26.9 Å². The molecule has 5 rings (SSSR count). The third-order valence-electron chi connectivity index (χ3n) is 6.92. The van der Waals surface area contributed by atoms with Crippen LogP contribution in [0.2, 0.25) is 0 Å². The van der Waals surface area contributed by atoms with Crippen LogP contribution in [0, 0.1) is 0 Å². The van der Waals surface area contributed by atoms with Crippen LogP contribution in [-0.4, -0.2) is 66.7 Å². The first kappa shape index (κ1) is 27.1. The molecule has 1 unspecified atom stereocenters. The van der Waals surface area contributed by atoms with Gasteiger partial charge in [-0.1, -0.05) is 58.4 Å². The highest BCUT2D eigenvalue weighted by atomic mass is 79.9. The number of ether oxygens (including phenoxy) is 5. The molecule has 2 aliphatic heterocycles. The predicted octanol–water partition coefficient (Wildman–Crippen LogP) is 3.31. The van der Waals surface area contributed by atoms with Gasteiger partial charge in [-0.15, -0.1) is 0 Å². The molecule has 0 spiro atoms. The van der Waals surface area contributed by atoms with Crippen LogP contribution in [0.5, 0.6) is 11.5 Å². The van der Waals surface area contributed by atoms with Crippen LogP contribution in [0.25, 0.3) is 0 Å². The minimum Gasteiger partial charge on any atom is -0.486 e. The molecular formula is C29H31BrO8. The molecule has 38 heavy (non-hydrogen) atoms. The van der Waals surface area contributed by atoms with Gasteiger partial charge >= 0.3 is 0 Å². The smallest absolute Gasteiger partial charge is 0.224 e. The Morgan fingerprint density at radius 2 is 1.66 bits per heavy atom. The zero-order chi connectivity index (χ0) is 26.7. The van der Waals surface area contributed by atoms with E-state index < -0.39 is 30.2 Å². The second kappa shape index (κ2) is 11.7. The molecule has 202 valence electrons. The number of benzene rings is 3. The van der Waals surface area contributed by atoms with Gasteiger partial charge in [-0.2, -0.15) is 0 Å². The summed E-state index contributed by atoms with van der Waals surface area (Å²) in [6.45, 7) is 1.33. The molecule has 0 aromatic heterocycles. The maximum absolute atomic E-state index is 11.1. The van der Waals surface area contributed by atoms with Gasteiger partial charge in [-0.05, 0) is 47.4 Å². The van der Waals surface area contributed by atoms with Crippen molar-refractivity contribution in [2.45, 2.75) is 43.2 Å². The maximum Gasteiger partial charge on any atom is 0.224 e. The number of aliphatic hydroxyl groups is 3. The highest BCUT2D eigenvalue weighted by molar-refractivity contribution is 9.10. The number of hydrogen-bond acceptors (Lipinski definition) is 8. The fourth-order valence-electron chi connectivity index (χ4n) is 4.87. The summed E-state index contributed by atoms with van der Waals surface area (Å²) >= 11 is 3.62. The lowest BCUT2D eigenvalue weighted by atomic mass is 9.87. The number of aliphatic hydroxyl groups excluding tert-OH is 3. The summed E-state index contributed by atoms with van der Waals surface area (Å²) in [5, 5.41) is 32.5. The molecule has 5 atom stereocenters. The molecule has 0 radical (unpaired) electrons. The monoisotopic (exact) mass is 586 g/mol. The molecule has 0 aliphatic carbocycles. The van der Waals surface area contributed by atoms with E-state index in [2.05, 4.69) is 15.9 Å². The summed E-state index contributed by atoms with van der Waals surface area (Å²) in [4.78, 5) is 0. The first-order valence-electron chi connectivity index (χ1n) is 12.5. The zero-order valence-electron chi connectivity index (χ0n) is 21.0. The van der Waals surface area contributed by atoms with Gasteiger partial charge in [0.25, 0.3) is 0 Å². The first-order chi connectivity index (χ1) is 18.4. The first-order valence-corrected chi connectivity index (χ1v) is 13.3. The van der Waals surface area contributed by atoms with Gasteiger partial charge in [0.05, 0.1) is 13.2 Å². The van der Waals surface area contributed by atoms with Gasteiger partial charge < -0.3 is 39.0 Å². The highest BCUT2D eigenvalue weighted by Gasteiger charge is 2.55. The molecule has 0 bridgehead atoms. The third kappa shape index (κ3) is 5.46. The van der Waals surface area contributed by atoms with E-state index in [9.17, 15) is 15.3 Å². The number of halogens is 1. The number of methoxy groups -OCH3 is 1. The van der Waals surface area contributed by atoms with Gasteiger partial charge in [0.2, 0.25) is 5.79 Å². The fourth-order valence-corrected chi connectivity index (χ4v) is 5.25. The highest BCUT2D eigenvalue weighted by Crippen LogP contribution is 2.41. The molecule has 1 saturated heterocycles. The average Bonchev–Trinajstić information content (AvgIpc) is 2.95. The van der Waals surface area contributed by atoms with Crippen molar-refractivity contribution in [1.29, 1.82) is 0 Å². The minimum absolute atomic E-state index is 0.00840. The lowest BCUT2D eigenvalue weighted by molar-refractivity contribution is -0.367. The van der Waals surface area contributed by atoms with Crippen molar-refractivity contribution in [2.24, 2.45) is 0 Å². The summed E-state index contributed by atoms with van der Waals surface area (Å²) in [5.74, 6) is -0.296. The average molecular weight is 587 g/mol. The van der Waals surface area contributed by atoms with Crippen LogP contribution >= 0.6 is 15.9 Å². The number of rotatable bonds is 8. The Balaban J connectivity index is 1.38. The van der Waals surface area contributed by atoms with Crippen LogP contribution in [0.1, 0.15) is 22.3 Å². The number of fused-ring (bicyclic) bond motifs is 1. The van der Waals surface area contributed by atoms with Gasteiger partial charge in [-0.3, -0.25) is 0 Å². The summed E-state index contributed by atoms with van der Waals surface area (Å²) in [6.07, 6.45) is -4.82. The second-order valence-electron chi connectivity index (χ2n) is 9.42. The van der Waals surface area contributed by atoms with Crippen LogP contribution < -0.4 is 9.47 Å². The van der Waals surface area contributed by atoms with E-state index in [-0.39, 0.29) is 6.61 Å². The van der Waals surface area contributed by atoms with E-state index in [0.29, 0.717) is 37.6 Å². The summed E-state index contributed by atoms with van der Waals surface area (Å²) in [7, 11) is 1.40. The normalized spacial score (nSPS) is 26.8. The molecule has 1 fully saturated rings. The Morgan fingerprint density at radius 1 is 0.895 bits per heavy atom. The zero-order valence-corrected chi connectivity index (χ0v) is 22.5. The number of hydrogen-bond donors (Lipinski definition) is 3. The van der Waals surface area contributed by atoms with E-state index in [1.54, 1.807) is 6.07 Å². The van der Waals surface area contributed by atoms with Crippen molar-refractivity contribution in [3.8, 4) is 11.5 Å². The Morgan fingerprint density at radius 3 is 2.42 bits per heavy atom. The molecule has 0 amide bonds. The van der Waals surface area contributed by atoms with E-state index >= 15 is 0 Å². The Bertz CT molecular complexity index is 1240. The van der Waals surface area contributed by atoms with Crippen molar-refractivity contribution >= 4 is 15.9 Å². The molecule has 0 saturated carbocycles. The fraction of sp³-hybridized carbons (Fsp3) is 0.379. The predicted molar refractivity (Wildman–Crippen MR) is 142 cm³/mol. The SMILES string of the molecule is COC1(c2ccc(Br)c(Cc3ccc4c(c3)OCCO4)c2)O[C@H](COCc2ccccc2)[C@@H](O)[C@H](O)[C@H]1O. The van der Waals surface area contributed by atoms with E-state index in [4.69, 9.17) is 23.7 Å². The van der Waals surface area contributed by atoms with Crippen molar-refractivity contribution in [3.63, 3.8) is 0 Å². The standard InChI is InChI=1S/C29H31BrO8/c1-34-29(28(33)27(32)26(31)25(38-29)17-35-16-18-5-3-2-4-6-18)21-8-9-22(30)20(15-21)13-19-7-10-23-24(14-19)37-12-11-36-23/h2-10,14-15,25-28,31-33H,11-13,16-17H2,1H3/t25-,26-,27+,28-,29?/m1/s1. The van der Waals surface area contributed by atoms with Crippen molar-refractivity contribution in [2.75, 3.05) is 26.9 Å². The topological polar surface area (TPSA) is 107 Å². The summed E-state index contributed by atoms with van der Waals surface area (Å²) < 4.78 is 30.0. The van der Waals surface area contributed by atoms with Crippen molar-refractivity contribution in [1.82, 2.24) is 0 Å². The van der Waals surface area contributed by atoms with Gasteiger partial charge in [0.1, 0.15) is 37.6 Å². The van der Waals surface area contributed by atoms with Crippen LogP contribution in [0.15, 0.2) is 71.2 Å². The molecule has 3 aromatic carbocycles. The summed E-state index contributed by atoms with van der Waals surface area (Å²) in [5.41, 5.74) is 3.38. The third-order valence-corrected chi connectivity index (χ3v) is 7.69. The van der Waals surface area contributed by atoms with Crippen LogP contribution in [0.4, 0.5) is 0 Å². The second-order valence-corrected chi connectivity index (χ2v) is 10.3. The Hall–Kier alpha value is -2.50.